The van der Waals surface area contributed by atoms with Crippen molar-refractivity contribution in [2.75, 3.05) is 6.54 Å². The molecule has 7 heteroatoms. The minimum atomic E-state index is -3.29. The summed E-state index contributed by atoms with van der Waals surface area (Å²) >= 11 is 0. The van der Waals surface area contributed by atoms with Crippen LogP contribution in [0.3, 0.4) is 0 Å². The summed E-state index contributed by atoms with van der Waals surface area (Å²) in [5.74, 6) is -4.31. The van der Waals surface area contributed by atoms with Gasteiger partial charge in [0.25, 0.3) is 11.8 Å². The number of nitrogens with one attached hydrogen (secondary N) is 1. The van der Waals surface area contributed by atoms with Crippen molar-refractivity contribution in [3.63, 3.8) is 0 Å². The Labute approximate surface area is 130 Å². The fourth-order valence-corrected chi connectivity index (χ4v) is 2.28. The first-order chi connectivity index (χ1) is 11.0. The van der Waals surface area contributed by atoms with E-state index in [2.05, 4.69) is 15.3 Å². The van der Waals surface area contributed by atoms with Gasteiger partial charge in [-0.1, -0.05) is 12.1 Å². The SMILES string of the molecule is O=C(NCC(F)(F)c1ccc(F)cc1)c1cncnc1C1CC1. The van der Waals surface area contributed by atoms with Gasteiger partial charge in [0.15, 0.2) is 0 Å². The number of hydrogen-bond acceptors (Lipinski definition) is 3. The second-order valence-corrected chi connectivity index (χ2v) is 5.49. The van der Waals surface area contributed by atoms with Crippen LogP contribution in [0.25, 0.3) is 0 Å². The average Bonchev–Trinajstić information content (AvgIpc) is 3.38. The monoisotopic (exact) mass is 321 g/mol. The van der Waals surface area contributed by atoms with Gasteiger partial charge in [0, 0.05) is 17.7 Å². The first-order valence-electron chi connectivity index (χ1n) is 7.19. The molecular weight excluding hydrogens is 307 g/mol. The number of aromatic nitrogens is 2. The van der Waals surface area contributed by atoms with Crippen LogP contribution in [-0.2, 0) is 5.92 Å². The third-order valence-corrected chi connectivity index (χ3v) is 3.69. The lowest BCUT2D eigenvalue weighted by Gasteiger charge is -2.18. The Morgan fingerprint density at radius 1 is 1.26 bits per heavy atom. The Balaban J connectivity index is 1.70. The fourth-order valence-electron chi connectivity index (χ4n) is 2.28. The molecule has 1 aromatic carbocycles. The van der Waals surface area contributed by atoms with Gasteiger partial charge in [-0.05, 0) is 25.0 Å². The molecule has 0 atom stereocenters. The molecular formula is C16H14F3N3O. The topological polar surface area (TPSA) is 54.9 Å². The Morgan fingerprint density at radius 3 is 2.61 bits per heavy atom. The lowest BCUT2D eigenvalue weighted by atomic mass is 10.1. The number of carbonyl (C=O) groups excluding carboxylic acids is 1. The standard InChI is InChI=1S/C16H14F3N3O/c17-12-5-3-11(4-6-12)16(18,19)8-21-15(23)13-7-20-9-22-14(13)10-1-2-10/h3-7,9-10H,1-2,8H2,(H,21,23). The predicted octanol–water partition coefficient (Wildman–Crippen LogP) is 3.01. The molecule has 1 aliphatic rings. The molecule has 2 aromatic rings. The third kappa shape index (κ3) is 3.49. The molecule has 23 heavy (non-hydrogen) atoms. The fraction of sp³-hybridized carbons (Fsp3) is 0.312. The van der Waals surface area contributed by atoms with Gasteiger partial charge in [-0.3, -0.25) is 4.79 Å². The van der Waals surface area contributed by atoms with E-state index in [1.165, 1.54) is 12.5 Å². The number of carbonyl (C=O) groups is 1. The zero-order valence-electron chi connectivity index (χ0n) is 12.1. The Morgan fingerprint density at radius 2 is 1.96 bits per heavy atom. The van der Waals surface area contributed by atoms with Crippen molar-refractivity contribution < 1.29 is 18.0 Å². The number of halogens is 3. The van der Waals surface area contributed by atoms with E-state index in [1.807, 2.05) is 0 Å². The van der Waals surface area contributed by atoms with E-state index in [9.17, 15) is 18.0 Å². The van der Waals surface area contributed by atoms with Crippen molar-refractivity contribution in [2.45, 2.75) is 24.7 Å². The molecule has 4 nitrogen and oxygen atoms in total. The Hall–Kier alpha value is -2.44. The van der Waals surface area contributed by atoms with Crippen LogP contribution in [0.5, 0.6) is 0 Å². The molecule has 0 spiro atoms. The normalized spacial score (nSPS) is 14.6. The Bertz CT molecular complexity index is 715. The third-order valence-electron chi connectivity index (χ3n) is 3.69. The summed E-state index contributed by atoms with van der Waals surface area (Å²) in [6.07, 6.45) is 4.55. The van der Waals surface area contributed by atoms with Crippen LogP contribution in [-0.4, -0.2) is 22.4 Å². The summed E-state index contributed by atoms with van der Waals surface area (Å²) in [5, 5.41) is 2.21. The van der Waals surface area contributed by atoms with E-state index in [0.717, 1.165) is 37.1 Å². The lowest BCUT2D eigenvalue weighted by molar-refractivity contribution is -0.00254. The molecule has 0 saturated heterocycles. The van der Waals surface area contributed by atoms with Crippen LogP contribution in [0.4, 0.5) is 13.2 Å². The molecule has 1 saturated carbocycles. The van der Waals surface area contributed by atoms with Crippen LogP contribution < -0.4 is 5.32 Å². The predicted molar refractivity (Wildman–Crippen MR) is 76.6 cm³/mol. The van der Waals surface area contributed by atoms with Crippen LogP contribution in [0.15, 0.2) is 36.8 Å². The van der Waals surface area contributed by atoms with Gasteiger partial charge < -0.3 is 5.32 Å². The van der Waals surface area contributed by atoms with E-state index in [4.69, 9.17) is 0 Å². The minimum absolute atomic E-state index is 0.205. The second kappa shape index (κ2) is 5.98. The summed E-state index contributed by atoms with van der Waals surface area (Å²) in [4.78, 5) is 20.0. The molecule has 0 bridgehead atoms. The lowest BCUT2D eigenvalue weighted by Crippen LogP contribution is -2.35. The highest BCUT2D eigenvalue weighted by Gasteiger charge is 2.34. The molecule has 1 fully saturated rings. The zero-order valence-corrected chi connectivity index (χ0v) is 12.1. The van der Waals surface area contributed by atoms with Crippen LogP contribution in [0, 0.1) is 5.82 Å². The smallest absolute Gasteiger partial charge is 0.290 e. The molecule has 1 heterocycles. The number of nitrogens with zero attached hydrogens (tertiary/aromatic N) is 2. The van der Waals surface area contributed by atoms with Crippen LogP contribution in [0.1, 0.15) is 40.4 Å². The van der Waals surface area contributed by atoms with Crippen molar-refractivity contribution in [3.8, 4) is 0 Å². The van der Waals surface area contributed by atoms with Gasteiger partial charge in [0.1, 0.15) is 12.1 Å². The van der Waals surface area contributed by atoms with E-state index < -0.39 is 24.2 Å². The number of rotatable bonds is 5. The number of alkyl halides is 2. The molecule has 120 valence electrons. The molecule has 1 aromatic heterocycles. The van der Waals surface area contributed by atoms with Crippen molar-refractivity contribution in [1.82, 2.24) is 15.3 Å². The number of hydrogen-bond donors (Lipinski definition) is 1. The summed E-state index contributed by atoms with van der Waals surface area (Å²) in [6.45, 7) is -0.879. The van der Waals surface area contributed by atoms with Gasteiger partial charge >= 0.3 is 0 Å². The first kappa shape index (κ1) is 15.5. The molecule has 0 aliphatic heterocycles. The molecule has 1 aliphatic carbocycles. The second-order valence-electron chi connectivity index (χ2n) is 5.49. The molecule has 3 rings (SSSR count). The van der Waals surface area contributed by atoms with E-state index in [1.54, 1.807) is 0 Å². The van der Waals surface area contributed by atoms with Gasteiger partial charge in [-0.2, -0.15) is 8.78 Å². The maximum Gasteiger partial charge on any atom is 0.290 e. The molecule has 1 amide bonds. The first-order valence-corrected chi connectivity index (χ1v) is 7.19. The van der Waals surface area contributed by atoms with Gasteiger partial charge in [-0.25, -0.2) is 14.4 Å². The van der Waals surface area contributed by atoms with Crippen molar-refractivity contribution in [1.29, 1.82) is 0 Å². The number of benzene rings is 1. The van der Waals surface area contributed by atoms with Crippen LogP contribution in [0.2, 0.25) is 0 Å². The van der Waals surface area contributed by atoms with Crippen molar-refractivity contribution in [2.24, 2.45) is 0 Å². The highest BCUT2D eigenvalue weighted by Crippen LogP contribution is 2.40. The molecule has 0 unspecified atom stereocenters. The van der Waals surface area contributed by atoms with Crippen LogP contribution >= 0.6 is 0 Å². The molecule has 0 radical (unpaired) electrons. The van der Waals surface area contributed by atoms with Gasteiger partial charge in [0.2, 0.25) is 0 Å². The highest BCUT2D eigenvalue weighted by molar-refractivity contribution is 5.95. The Kier molecular flexibility index (Phi) is 4.02. The number of amides is 1. The zero-order chi connectivity index (χ0) is 16.4. The van der Waals surface area contributed by atoms with E-state index in [0.29, 0.717) is 5.69 Å². The molecule has 1 N–H and O–H groups in total. The summed E-state index contributed by atoms with van der Waals surface area (Å²) in [6, 6.07) is 3.92. The minimum Gasteiger partial charge on any atom is -0.345 e. The summed E-state index contributed by atoms with van der Waals surface area (Å²) < 4.78 is 40.9. The summed E-state index contributed by atoms with van der Waals surface area (Å²) in [7, 11) is 0. The quantitative estimate of drug-likeness (QED) is 0.921. The van der Waals surface area contributed by atoms with Gasteiger partial charge in [0.05, 0.1) is 17.8 Å². The summed E-state index contributed by atoms with van der Waals surface area (Å²) in [5.41, 5.74) is 0.471. The highest BCUT2D eigenvalue weighted by atomic mass is 19.3. The van der Waals surface area contributed by atoms with E-state index in [-0.39, 0.29) is 17.0 Å². The largest absolute Gasteiger partial charge is 0.345 e. The van der Waals surface area contributed by atoms with Gasteiger partial charge in [-0.15, -0.1) is 0 Å². The van der Waals surface area contributed by atoms with Crippen molar-refractivity contribution >= 4 is 5.91 Å². The average molecular weight is 321 g/mol. The maximum absolute atomic E-state index is 14.1. The maximum atomic E-state index is 14.1. The van der Waals surface area contributed by atoms with E-state index >= 15 is 0 Å². The van der Waals surface area contributed by atoms with Crippen molar-refractivity contribution in [3.05, 3.63) is 59.4 Å².